The molecular formula is C11H12OS. The van der Waals surface area contributed by atoms with E-state index >= 15 is 0 Å². The van der Waals surface area contributed by atoms with Gasteiger partial charge in [-0.05, 0) is 53.3 Å². The topological polar surface area (TPSA) is 17.1 Å². The number of hydrogen-bond acceptors (Lipinski definition) is 2. The second-order valence-electron chi connectivity index (χ2n) is 3.36. The van der Waals surface area contributed by atoms with Crippen LogP contribution in [0.4, 0.5) is 0 Å². The summed E-state index contributed by atoms with van der Waals surface area (Å²) >= 11 is 1.67. The average molecular weight is 192 g/mol. The van der Waals surface area contributed by atoms with Crippen LogP contribution in [0.5, 0.6) is 0 Å². The fourth-order valence-corrected chi connectivity index (χ4v) is 2.23. The summed E-state index contributed by atoms with van der Waals surface area (Å²) in [5.74, 6) is 0.345. The number of carbonyl (C=O) groups is 1. The number of carbonyl (C=O) groups excluding carboxylic acids is 1. The number of thiophene rings is 1. The quantitative estimate of drug-likeness (QED) is 0.624. The standard InChI is InChI=1S/C11H12OS/c12-11-4-2-1-3-10(11)7-9-5-6-13-8-9/h5-8H,1-4H2. The van der Waals surface area contributed by atoms with Gasteiger partial charge in [-0.1, -0.05) is 0 Å². The van der Waals surface area contributed by atoms with Gasteiger partial charge in [-0.15, -0.1) is 0 Å². The highest BCUT2D eigenvalue weighted by atomic mass is 32.1. The highest BCUT2D eigenvalue weighted by Gasteiger charge is 2.14. The molecule has 1 nitrogen and oxygen atoms in total. The second-order valence-corrected chi connectivity index (χ2v) is 4.14. The molecule has 0 unspecified atom stereocenters. The summed E-state index contributed by atoms with van der Waals surface area (Å²) in [5, 5.41) is 4.12. The van der Waals surface area contributed by atoms with Crippen molar-refractivity contribution in [2.45, 2.75) is 25.7 Å². The molecule has 0 aliphatic heterocycles. The van der Waals surface area contributed by atoms with Crippen molar-refractivity contribution in [2.75, 3.05) is 0 Å². The molecule has 0 bridgehead atoms. The molecule has 0 amide bonds. The lowest BCUT2D eigenvalue weighted by Crippen LogP contribution is -2.07. The Morgan fingerprint density at radius 2 is 2.15 bits per heavy atom. The normalized spacial score (nSPS) is 20.9. The van der Waals surface area contributed by atoms with Crippen molar-refractivity contribution in [3.8, 4) is 0 Å². The maximum Gasteiger partial charge on any atom is 0.158 e. The highest BCUT2D eigenvalue weighted by molar-refractivity contribution is 7.08. The van der Waals surface area contributed by atoms with Gasteiger partial charge < -0.3 is 0 Å². The van der Waals surface area contributed by atoms with E-state index in [0.29, 0.717) is 5.78 Å². The van der Waals surface area contributed by atoms with Crippen LogP contribution in [-0.2, 0) is 4.79 Å². The van der Waals surface area contributed by atoms with E-state index in [4.69, 9.17) is 0 Å². The summed E-state index contributed by atoms with van der Waals surface area (Å²) in [6, 6.07) is 2.06. The predicted molar refractivity (Wildman–Crippen MR) is 55.8 cm³/mol. The smallest absolute Gasteiger partial charge is 0.158 e. The number of ketones is 1. The summed E-state index contributed by atoms with van der Waals surface area (Å²) in [4.78, 5) is 11.5. The van der Waals surface area contributed by atoms with E-state index in [1.165, 1.54) is 12.0 Å². The van der Waals surface area contributed by atoms with E-state index in [2.05, 4.69) is 11.4 Å². The molecule has 2 rings (SSSR count). The molecule has 0 N–H and O–H groups in total. The molecule has 0 radical (unpaired) electrons. The van der Waals surface area contributed by atoms with Crippen molar-refractivity contribution in [3.63, 3.8) is 0 Å². The van der Waals surface area contributed by atoms with Crippen molar-refractivity contribution >= 4 is 23.2 Å². The molecular weight excluding hydrogens is 180 g/mol. The molecule has 2 heteroatoms. The zero-order chi connectivity index (χ0) is 9.10. The van der Waals surface area contributed by atoms with Crippen LogP contribution in [0.3, 0.4) is 0 Å². The van der Waals surface area contributed by atoms with Gasteiger partial charge in [0.2, 0.25) is 0 Å². The Morgan fingerprint density at radius 1 is 1.31 bits per heavy atom. The van der Waals surface area contributed by atoms with Crippen molar-refractivity contribution in [2.24, 2.45) is 0 Å². The number of allylic oxidation sites excluding steroid dienone is 1. The molecule has 68 valence electrons. The first-order valence-corrected chi connectivity index (χ1v) is 5.56. The van der Waals surface area contributed by atoms with Crippen LogP contribution >= 0.6 is 11.3 Å². The Hall–Kier alpha value is -0.890. The average Bonchev–Trinajstić information content (AvgIpc) is 2.61. The van der Waals surface area contributed by atoms with Gasteiger partial charge in [0.15, 0.2) is 5.78 Å². The Labute approximate surface area is 82.1 Å². The first-order chi connectivity index (χ1) is 6.36. The lowest BCUT2D eigenvalue weighted by molar-refractivity contribution is -0.116. The first-order valence-electron chi connectivity index (χ1n) is 4.62. The fourth-order valence-electron chi connectivity index (χ4n) is 1.61. The molecule has 0 spiro atoms. The van der Waals surface area contributed by atoms with Crippen LogP contribution < -0.4 is 0 Å². The number of rotatable bonds is 1. The third kappa shape index (κ3) is 2.07. The molecule has 1 saturated carbocycles. The van der Waals surface area contributed by atoms with Crippen LogP contribution in [0.15, 0.2) is 22.4 Å². The van der Waals surface area contributed by atoms with Crippen LogP contribution in [-0.4, -0.2) is 5.78 Å². The molecule has 1 aromatic heterocycles. The third-order valence-electron chi connectivity index (χ3n) is 2.34. The lowest BCUT2D eigenvalue weighted by Gasteiger charge is -2.11. The molecule has 1 aromatic rings. The summed E-state index contributed by atoms with van der Waals surface area (Å²) in [5.41, 5.74) is 2.19. The van der Waals surface area contributed by atoms with E-state index in [1.54, 1.807) is 11.3 Å². The van der Waals surface area contributed by atoms with Crippen LogP contribution in [0.25, 0.3) is 6.08 Å². The monoisotopic (exact) mass is 192 g/mol. The van der Waals surface area contributed by atoms with Crippen molar-refractivity contribution in [1.82, 2.24) is 0 Å². The molecule has 0 aromatic carbocycles. The van der Waals surface area contributed by atoms with Gasteiger partial charge in [0.25, 0.3) is 0 Å². The Morgan fingerprint density at radius 3 is 2.85 bits per heavy atom. The van der Waals surface area contributed by atoms with Gasteiger partial charge in [-0.2, -0.15) is 11.3 Å². The van der Waals surface area contributed by atoms with Gasteiger partial charge >= 0.3 is 0 Å². The number of hydrogen-bond donors (Lipinski definition) is 0. The zero-order valence-corrected chi connectivity index (χ0v) is 8.27. The molecule has 1 aliphatic carbocycles. The van der Waals surface area contributed by atoms with Gasteiger partial charge in [0.05, 0.1) is 0 Å². The van der Waals surface area contributed by atoms with E-state index in [1.807, 2.05) is 11.5 Å². The molecule has 1 heterocycles. The summed E-state index contributed by atoms with van der Waals surface area (Å²) in [6.07, 6.45) is 5.99. The molecule has 0 saturated heterocycles. The van der Waals surface area contributed by atoms with E-state index in [-0.39, 0.29) is 0 Å². The molecule has 13 heavy (non-hydrogen) atoms. The van der Waals surface area contributed by atoms with Crippen LogP contribution in [0.2, 0.25) is 0 Å². The van der Waals surface area contributed by atoms with E-state index < -0.39 is 0 Å². The number of Topliss-reactive ketones (excluding diaryl/α,β-unsaturated/α-hetero) is 1. The largest absolute Gasteiger partial charge is 0.295 e. The first kappa shape index (κ1) is 8.70. The van der Waals surface area contributed by atoms with E-state index in [9.17, 15) is 4.79 Å². The van der Waals surface area contributed by atoms with Gasteiger partial charge in [0.1, 0.15) is 0 Å². The minimum atomic E-state index is 0.345. The minimum Gasteiger partial charge on any atom is -0.295 e. The zero-order valence-electron chi connectivity index (χ0n) is 7.45. The molecule has 1 fully saturated rings. The van der Waals surface area contributed by atoms with Gasteiger partial charge in [-0.3, -0.25) is 4.79 Å². The van der Waals surface area contributed by atoms with Gasteiger partial charge in [0, 0.05) is 6.42 Å². The van der Waals surface area contributed by atoms with E-state index in [0.717, 1.165) is 24.8 Å². The summed E-state index contributed by atoms with van der Waals surface area (Å²) in [6.45, 7) is 0. The second kappa shape index (κ2) is 3.88. The maximum atomic E-state index is 11.5. The lowest BCUT2D eigenvalue weighted by atomic mass is 9.92. The highest BCUT2D eigenvalue weighted by Crippen LogP contribution is 2.22. The van der Waals surface area contributed by atoms with Crippen molar-refractivity contribution in [1.29, 1.82) is 0 Å². The van der Waals surface area contributed by atoms with Crippen LogP contribution in [0, 0.1) is 0 Å². The Bertz CT molecular complexity index is 322. The van der Waals surface area contributed by atoms with Gasteiger partial charge in [-0.25, -0.2) is 0 Å². The van der Waals surface area contributed by atoms with Crippen LogP contribution in [0.1, 0.15) is 31.2 Å². The van der Waals surface area contributed by atoms with Crippen molar-refractivity contribution in [3.05, 3.63) is 28.0 Å². The fraction of sp³-hybridized carbons (Fsp3) is 0.364. The summed E-state index contributed by atoms with van der Waals surface area (Å²) in [7, 11) is 0. The Kier molecular flexibility index (Phi) is 2.60. The maximum absolute atomic E-state index is 11.5. The summed E-state index contributed by atoms with van der Waals surface area (Å²) < 4.78 is 0. The van der Waals surface area contributed by atoms with Crippen molar-refractivity contribution < 1.29 is 4.79 Å². The SMILES string of the molecule is O=C1CCCCC1=Cc1ccsc1. The molecule has 0 atom stereocenters. The third-order valence-corrected chi connectivity index (χ3v) is 3.04. The minimum absolute atomic E-state index is 0.345. The predicted octanol–water partition coefficient (Wildman–Crippen LogP) is 3.27. The Balaban J connectivity index is 2.19. The molecule has 1 aliphatic rings.